The molecule has 34 heavy (non-hydrogen) atoms. The van der Waals surface area contributed by atoms with Gasteiger partial charge in [-0.1, -0.05) is 24.3 Å². The monoisotopic (exact) mass is 482 g/mol. The van der Waals surface area contributed by atoms with Gasteiger partial charge in [-0.25, -0.2) is 0 Å². The SMILES string of the molecule is COc1ccc(CCNC(=S)N(CCN(C)C)Cc2cc3cccc(C)c3[nH]c2=O)cc1OC. The summed E-state index contributed by atoms with van der Waals surface area (Å²) in [7, 11) is 7.31. The van der Waals surface area contributed by atoms with E-state index >= 15 is 0 Å². The van der Waals surface area contributed by atoms with E-state index in [9.17, 15) is 4.79 Å². The van der Waals surface area contributed by atoms with Crippen LogP contribution in [-0.2, 0) is 13.0 Å². The van der Waals surface area contributed by atoms with Gasteiger partial charge < -0.3 is 29.6 Å². The molecule has 2 N–H and O–H groups in total. The van der Waals surface area contributed by atoms with Gasteiger partial charge in [0.2, 0.25) is 0 Å². The molecule has 0 amide bonds. The molecule has 182 valence electrons. The van der Waals surface area contributed by atoms with E-state index in [1.54, 1.807) is 14.2 Å². The number of methoxy groups -OCH3 is 2. The highest BCUT2D eigenvalue weighted by atomic mass is 32.1. The second kappa shape index (κ2) is 11.9. The molecule has 0 radical (unpaired) electrons. The van der Waals surface area contributed by atoms with Crippen LogP contribution in [0.2, 0.25) is 0 Å². The van der Waals surface area contributed by atoms with Crippen LogP contribution in [0.4, 0.5) is 0 Å². The third-order valence-electron chi connectivity index (χ3n) is 5.77. The van der Waals surface area contributed by atoms with Gasteiger partial charge in [0.15, 0.2) is 16.6 Å². The van der Waals surface area contributed by atoms with Crippen molar-refractivity contribution < 1.29 is 9.47 Å². The Balaban J connectivity index is 1.70. The van der Waals surface area contributed by atoms with Gasteiger partial charge in [-0.15, -0.1) is 0 Å². The lowest BCUT2D eigenvalue weighted by atomic mass is 10.1. The maximum atomic E-state index is 12.8. The first-order valence-corrected chi connectivity index (χ1v) is 11.7. The van der Waals surface area contributed by atoms with Gasteiger partial charge in [0.25, 0.3) is 5.56 Å². The molecule has 0 saturated carbocycles. The molecular formula is C26H34N4O3S. The first-order valence-electron chi connectivity index (χ1n) is 11.3. The van der Waals surface area contributed by atoms with Crippen LogP contribution in [-0.4, -0.2) is 67.8 Å². The van der Waals surface area contributed by atoms with E-state index in [-0.39, 0.29) is 5.56 Å². The molecule has 7 nitrogen and oxygen atoms in total. The molecule has 0 unspecified atom stereocenters. The standard InChI is InChI=1S/C26H34N4O3S/c1-18-7-6-8-20-16-21(25(31)28-24(18)20)17-30(14-13-29(2)3)26(34)27-12-11-19-9-10-22(32-4)23(15-19)33-5/h6-10,15-16H,11-14,17H2,1-5H3,(H,27,34)(H,28,31). The number of thiocarbonyl (C=S) groups is 1. The molecule has 8 heteroatoms. The summed E-state index contributed by atoms with van der Waals surface area (Å²) in [6.07, 6.45) is 0.776. The van der Waals surface area contributed by atoms with Crippen molar-refractivity contribution in [3.8, 4) is 11.5 Å². The lowest BCUT2D eigenvalue weighted by Crippen LogP contribution is -2.43. The second-order valence-electron chi connectivity index (χ2n) is 8.56. The molecule has 0 aliphatic carbocycles. The number of aromatic amines is 1. The zero-order valence-corrected chi connectivity index (χ0v) is 21.4. The Morgan fingerprint density at radius 3 is 2.53 bits per heavy atom. The van der Waals surface area contributed by atoms with Crippen molar-refractivity contribution in [3.05, 3.63) is 69.5 Å². The topological polar surface area (TPSA) is 69.8 Å². The quantitative estimate of drug-likeness (QED) is 0.430. The smallest absolute Gasteiger partial charge is 0.253 e. The van der Waals surface area contributed by atoms with Crippen molar-refractivity contribution in [2.75, 3.05) is 47.9 Å². The predicted molar refractivity (Wildman–Crippen MR) is 142 cm³/mol. The van der Waals surface area contributed by atoms with Crippen molar-refractivity contribution in [2.24, 2.45) is 0 Å². The van der Waals surface area contributed by atoms with Crippen LogP contribution in [0, 0.1) is 6.92 Å². The zero-order valence-electron chi connectivity index (χ0n) is 20.6. The van der Waals surface area contributed by atoms with Crippen molar-refractivity contribution >= 4 is 28.2 Å². The average molecular weight is 483 g/mol. The molecule has 0 fully saturated rings. The van der Waals surface area contributed by atoms with Crippen LogP contribution >= 0.6 is 12.2 Å². The van der Waals surface area contributed by atoms with E-state index in [0.29, 0.717) is 41.8 Å². The first-order chi connectivity index (χ1) is 16.3. The van der Waals surface area contributed by atoms with Crippen molar-refractivity contribution in [3.63, 3.8) is 0 Å². The number of H-pyrrole nitrogens is 1. The molecule has 3 rings (SSSR count). The second-order valence-corrected chi connectivity index (χ2v) is 8.95. The van der Waals surface area contributed by atoms with E-state index in [1.807, 2.05) is 63.5 Å². The summed E-state index contributed by atoms with van der Waals surface area (Å²) in [5.41, 5.74) is 3.67. The number of hydrogen-bond donors (Lipinski definition) is 2. The zero-order chi connectivity index (χ0) is 24.7. The molecule has 1 heterocycles. The maximum absolute atomic E-state index is 12.8. The van der Waals surface area contributed by atoms with E-state index in [2.05, 4.69) is 20.1 Å². The summed E-state index contributed by atoms with van der Waals surface area (Å²) in [6, 6.07) is 13.9. The summed E-state index contributed by atoms with van der Waals surface area (Å²) < 4.78 is 10.7. The molecule has 0 saturated heterocycles. The predicted octanol–water partition coefficient (Wildman–Crippen LogP) is 3.33. The fraction of sp³-hybridized carbons (Fsp3) is 0.385. The number of aromatic nitrogens is 1. The number of hydrogen-bond acceptors (Lipinski definition) is 5. The summed E-state index contributed by atoms with van der Waals surface area (Å²) >= 11 is 5.73. The number of ether oxygens (including phenoxy) is 2. The number of nitrogens with one attached hydrogen (secondary N) is 2. The highest BCUT2D eigenvalue weighted by Gasteiger charge is 2.14. The third-order valence-corrected chi connectivity index (χ3v) is 6.17. The molecule has 3 aromatic rings. The van der Waals surface area contributed by atoms with Gasteiger partial charge in [-0.3, -0.25) is 4.79 Å². The van der Waals surface area contributed by atoms with E-state index in [0.717, 1.165) is 35.0 Å². The van der Waals surface area contributed by atoms with Crippen molar-refractivity contribution in [2.45, 2.75) is 19.9 Å². The normalized spacial score (nSPS) is 11.0. The minimum Gasteiger partial charge on any atom is -0.493 e. The number of pyridine rings is 1. The Hall–Kier alpha value is -3.10. The molecule has 0 bridgehead atoms. The lowest BCUT2D eigenvalue weighted by molar-refractivity contribution is 0.322. The van der Waals surface area contributed by atoms with Gasteiger partial charge in [0.1, 0.15) is 0 Å². The van der Waals surface area contributed by atoms with Crippen LogP contribution in [0.5, 0.6) is 11.5 Å². The molecule has 0 aliphatic heterocycles. The minimum absolute atomic E-state index is 0.0789. The number of nitrogens with zero attached hydrogens (tertiary/aromatic N) is 2. The largest absolute Gasteiger partial charge is 0.493 e. The fourth-order valence-corrected chi connectivity index (χ4v) is 4.04. The van der Waals surface area contributed by atoms with Crippen molar-refractivity contribution in [1.82, 2.24) is 20.1 Å². The number of likely N-dealkylation sites (N-methyl/N-ethyl adjacent to an activating group) is 1. The van der Waals surface area contributed by atoms with Crippen LogP contribution in [0.1, 0.15) is 16.7 Å². The third kappa shape index (κ3) is 6.48. The molecule has 0 aliphatic rings. The van der Waals surface area contributed by atoms with Gasteiger partial charge in [-0.05, 0) is 74.4 Å². The highest BCUT2D eigenvalue weighted by molar-refractivity contribution is 7.80. The molecule has 0 atom stereocenters. The molecule has 1 aromatic heterocycles. The molecular weight excluding hydrogens is 448 g/mol. The van der Waals surface area contributed by atoms with Crippen LogP contribution in [0.25, 0.3) is 10.9 Å². The number of rotatable bonds is 10. The summed E-state index contributed by atoms with van der Waals surface area (Å²) in [5.74, 6) is 1.42. The summed E-state index contributed by atoms with van der Waals surface area (Å²) in [4.78, 5) is 20.0. The van der Waals surface area contributed by atoms with Gasteiger partial charge in [-0.2, -0.15) is 0 Å². The summed E-state index contributed by atoms with van der Waals surface area (Å²) in [6.45, 7) is 4.64. The highest BCUT2D eigenvalue weighted by Crippen LogP contribution is 2.27. The first kappa shape index (κ1) is 25.5. The van der Waals surface area contributed by atoms with Crippen LogP contribution in [0.15, 0.2) is 47.3 Å². The van der Waals surface area contributed by atoms with E-state index < -0.39 is 0 Å². The van der Waals surface area contributed by atoms with E-state index in [4.69, 9.17) is 21.7 Å². The van der Waals surface area contributed by atoms with Gasteiger partial charge in [0, 0.05) is 25.2 Å². The van der Waals surface area contributed by atoms with Crippen LogP contribution in [0.3, 0.4) is 0 Å². The molecule has 2 aromatic carbocycles. The Bertz CT molecular complexity index is 1190. The maximum Gasteiger partial charge on any atom is 0.253 e. The fourth-order valence-electron chi connectivity index (χ4n) is 3.79. The number of aryl methyl sites for hydroxylation is 1. The van der Waals surface area contributed by atoms with Gasteiger partial charge in [0.05, 0.1) is 26.3 Å². The number of fused-ring (bicyclic) bond motifs is 1. The minimum atomic E-state index is -0.0789. The number of para-hydroxylation sites is 1. The molecule has 0 spiro atoms. The lowest BCUT2D eigenvalue weighted by Gasteiger charge is -2.27. The van der Waals surface area contributed by atoms with Gasteiger partial charge >= 0.3 is 0 Å². The van der Waals surface area contributed by atoms with E-state index in [1.165, 1.54) is 0 Å². The van der Waals surface area contributed by atoms with Crippen LogP contribution < -0.4 is 20.3 Å². The Labute approximate surface area is 206 Å². The Kier molecular flexibility index (Phi) is 8.90. The average Bonchev–Trinajstić information content (AvgIpc) is 2.82. The number of benzene rings is 2. The summed E-state index contributed by atoms with van der Waals surface area (Å²) in [5, 5.41) is 5.01. The Morgan fingerprint density at radius 1 is 1.06 bits per heavy atom. The van der Waals surface area contributed by atoms with Crippen molar-refractivity contribution in [1.29, 1.82) is 0 Å². The Morgan fingerprint density at radius 2 is 1.82 bits per heavy atom.